The third kappa shape index (κ3) is 1.93. The summed E-state index contributed by atoms with van der Waals surface area (Å²) < 4.78 is 16.1. The quantitative estimate of drug-likeness (QED) is 0.795. The first-order valence-electron chi connectivity index (χ1n) is 6.21. The fraction of sp³-hybridized carbons (Fsp3) is 0.615. The van der Waals surface area contributed by atoms with Gasteiger partial charge in [0.2, 0.25) is 0 Å². The summed E-state index contributed by atoms with van der Waals surface area (Å²) in [6.07, 6.45) is 4.93. The highest BCUT2D eigenvalue weighted by molar-refractivity contribution is 5.94. The van der Waals surface area contributed by atoms with E-state index in [1.165, 1.54) is 12.5 Å². The molecular weight excluding hydrogens is 234 g/mol. The van der Waals surface area contributed by atoms with Crippen molar-refractivity contribution in [3.8, 4) is 0 Å². The summed E-state index contributed by atoms with van der Waals surface area (Å²) in [6.45, 7) is 2.02. The van der Waals surface area contributed by atoms with Gasteiger partial charge in [-0.1, -0.05) is 0 Å². The first-order chi connectivity index (χ1) is 8.72. The first kappa shape index (κ1) is 11.7. The van der Waals surface area contributed by atoms with E-state index in [0.717, 1.165) is 19.4 Å². The van der Waals surface area contributed by atoms with Crippen LogP contribution in [-0.2, 0) is 9.47 Å². The molecule has 1 spiro atoms. The molecule has 2 aliphatic rings. The van der Waals surface area contributed by atoms with Gasteiger partial charge in [-0.2, -0.15) is 0 Å². The van der Waals surface area contributed by atoms with Crippen LogP contribution in [0.3, 0.4) is 0 Å². The number of methoxy groups -OCH3 is 1. The summed E-state index contributed by atoms with van der Waals surface area (Å²) in [5, 5.41) is 0. The fourth-order valence-corrected chi connectivity index (χ4v) is 2.83. The van der Waals surface area contributed by atoms with E-state index >= 15 is 0 Å². The monoisotopic (exact) mass is 251 g/mol. The molecule has 1 aromatic rings. The van der Waals surface area contributed by atoms with Crippen LogP contribution in [0.25, 0.3) is 0 Å². The zero-order valence-electron chi connectivity index (χ0n) is 10.4. The maximum absolute atomic E-state index is 12.2. The van der Waals surface area contributed by atoms with Crippen molar-refractivity contribution >= 4 is 5.91 Å². The second-order valence-electron chi connectivity index (χ2n) is 5.04. The van der Waals surface area contributed by atoms with Crippen molar-refractivity contribution in [1.82, 2.24) is 4.90 Å². The number of hydrogen-bond acceptors (Lipinski definition) is 4. The van der Waals surface area contributed by atoms with Crippen LogP contribution in [0.15, 0.2) is 23.0 Å². The molecule has 5 heteroatoms. The zero-order chi connectivity index (χ0) is 12.6. The maximum Gasteiger partial charge on any atom is 0.257 e. The largest absolute Gasteiger partial charge is 0.472 e. The molecule has 3 rings (SSSR count). The number of carbonyl (C=O) groups excluding carboxylic acids is 1. The number of furan rings is 1. The Labute approximate surface area is 106 Å². The summed E-state index contributed by atoms with van der Waals surface area (Å²) in [4.78, 5) is 14.0. The fourth-order valence-electron chi connectivity index (χ4n) is 2.83. The molecule has 1 aromatic heterocycles. The van der Waals surface area contributed by atoms with Crippen molar-refractivity contribution in [3.05, 3.63) is 24.2 Å². The molecule has 0 aromatic carbocycles. The van der Waals surface area contributed by atoms with Crippen molar-refractivity contribution < 1.29 is 18.7 Å². The lowest BCUT2D eigenvalue weighted by molar-refractivity contribution is 0.00701. The van der Waals surface area contributed by atoms with Crippen LogP contribution in [0.2, 0.25) is 0 Å². The molecule has 5 nitrogen and oxygen atoms in total. The third-order valence-electron chi connectivity index (χ3n) is 3.88. The van der Waals surface area contributed by atoms with Crippen molar-refractivity contribution in [1.29, 1.82) is 0 Å². The van der Waals surface area contributed by atoms with E-state index in [1.807, 2.05) is 4.90 Å². The van der Waals surface area contributed by atoms with Gasteiger partial charge in [-0.25, -0.2) is 0 Å². The minimum atomic E-state index is -0.194. The average Bonchev–Trinajstić information content (AvgIpc) is 3.10. The lowest BCUT2D eigenvalue weighted by Crippen LogP contribution is -2.35. The van der Waals surface area contributed by atoms with Gasteiger partial charge in [0.15, 0.2) is 0 Å². The Hall–Kier alpha value is -1.33. The Morgan fingerprint density at radius 3 is 3.17 bits per heavy atom. The molecule has 98 valence electrons. The van der Waals surface area contributed by atoms with E-state index in [4.69, 9.17) is 13.9 Å². The van der Waals surface area contributed by atoms with Gasteiger partial charge in [0, 0.05) is 20.1 Å². The first-order valence-corrected chi connectivity index (χ1v) is 6.21. The minimum absolute atomic E-state index is 0.0186. The summed E-state index contributed by atoms with van der Waals surface area (Å²) in [5.41, 5.74) is 0.411. The summed E-state index contributed by atoms with van der Waals surface area (Å²) >= 11 is 0. The molecule has 2 fully saturated rings. The van der Waals surface area contributed by atoms with Gasteiger partial charge >= 0.3 is 0 Å². The Morgan fingerprint density at radius 2 is 2.50 bits per heavy atom. The van der Waals surface area contributed by atoms with Gasteiger partial charge in [0.05, 0.1) is 36.7 Å². The van der Waals surface area contributed by atoms with Crippen LogP contribution in [-0.4, -0.2) is 49.3 Å². The van der Waals surface area contributed by atoms with Gasteiger partial charge < -0.3 is 18.8 Å². The molecule has 2 aliphatic heterocycles. The summed E-state index contributed by atoms with van der Waals surface area (Å²) in [5.74, 6) is 0.0186. The summed E-state index contributed by atoms with van der Waals surface area (Å²) in [6, 6.07) is 1.70. The van der Waals surface area contributed by atoms with Crippen molar-refractivity contribution in [2.24, 2.45) is 0 Å². The van der Waals surface area contributed by atoms with Gasteiger partial charge in [0.25, 0.3) is 5.91 Å². The van der Waals surface area contributed by atoms with Gasteiger partial charge in [-0.3, -0.25) is 4.79 Å². The van der Waals surface area contributed by atoms with Crippen LogP contribution in [0.4, 0.5) is 0 Å². The van der Waals surface area contributed by atoms with Crippen molar-refractivity contribution in [3.63, 3.8) is 0 Å². The van der Waals surface area contributed by atoms with Gasteiger partial charge in [0.1, 0.15) is 6.26 Å². The Bertz CT molecular complexity index is 430. The molecular formula is C13H17NO4. The van der Waals surface area contributed by atoms with E-state index in [0.29, 0.717) is 18.7 Å². The Morgan fingerprint density at radius 1 is 1.61 bits per heavy atom. The van der Waals surface area contributed by atoms with E-state index in [-0.39, 0.29) is 17.6 Å². The molecule has 0 saturated carbocycles. The molecule has 18 heavy (non-hydrogen) atoms. The van der Waals surface area contributed by atoms with Crippen LogP contribution in [0, 0.1) is 0 Å². The molecule has 0 N–H and O–H groups in total. The molecule has 1 amide bonds. The van der Waals surface area contributed by atoms with Crippen LogP contribution in [0.5, 0.6) is 0 Å². The number of carbonyl (C=O) groups is 1. The standard InChI is InChI=1S/C13H17NO4/c1-16-11-6-13(18-8-11)3-4-14(9-13)12(15)10-2-5-17-7-10/h2,5,7,11H,3-4,6,8-9H2,1H3/t11-,13+/m0/s1. The highest BCUT2D eigenvalue weighted by Gasteiger charge is 2.47. The van der Waals surface area contributed by atoms with E-state index < -0.39 is 0 Å². The molecule has 0 bridgehead atoms. The Kier molecular flexibility index (Phi) is 2.87. The highest BCUT2D eigenvalue weighted by atomic mass is 16.6. The van der Waals surface area contributed by atoms with E-state index in [9.17, 15) is 4.79 Å². The smallest absolute Gasteiger partial charge is 0.257 e. The van der Waals surface area contributed by atoms with Gasteiger partial charge in [-0.05, 0) is 12.5 Å². The third-order valence-corrected chi connectivity index (χ3v) is 3.88. The number of likely N-dealkylation sites (tertiary alicyclic amines) is 1. The second kappa shape index (κ2) is 4.40. The number of amides is 1. The number of ether oxygens (including phenoxy) is 2. The lowest BCUT2D eigenvalue weighted by Gasteiger charge is -2.22. The van der Waals surface area contributed by atoms with Gasteiger partial charge in [-0.15, -0.1) is 0 Å². The second-order valence-corrected chi connectivity index (χ2v) is 5.04. The SMILES string of the molecule is CO[C@@H]1CO[C@]2(CCN(C(=O)c3ccoc3)C2)C1. The van der Waals surface area contributed by atoms with Crippen LogP contribution >= 0.6 is 0 Å². The number of hydrogen-bond donors (Lipinski definition) is 0. The molecule has 2 atom stereocenters. The van der Waals surface area contributed by atoms with Crippen LogP contribution < -0.4 is 0 Å². The van der Waals surface area contributed by atoms with E-state index in [2.05, 4.69) is 0 Å². The molecule has 0 radical (unpaired) electrons. The predicted molar refractivity (Wildman–Crippen MR) is 63.3 cm³/mol. The lowest BCUT2D eigenvalue weighted by atomic mass is 9.98. The highest BCUT2D eigenvalue weighted by Crippen LogP contribution is 2.36. The van der Waals surface area contributed by atoms with Crippen molar-refractivity contribution in [2.75, 3.05) is 26.8 Å². The predicted octanol–water partition coefficient (Wildman–Crippen LogP) is 1.30. The number of nitrogens with zero attached hydrogens (tertiary/aromatic N) is 1. The topological polar surface area (TPSA) is 51.9 Å². The normalized spacial score (nSPS) is 31.4. The zero-order valence-corrected chi connectivity index (χ0v) is 10.4. The molecule has 3 heterocycles. The summed E-state index contributed by atoms with van der Waals surface area (Å²) in [7, 11) is 1.70. The molecule has 0 aliphatic carbocycles. The maximum atomic E-state index is 12.2. The Balaban J connectivity index is 1.67. The molecule has 0 unspecified atom stereocenters. The van der Waals surface area contributed by atoms with Crippen molar-refractivity contribution in [2.45, 2.75) is 24.5 Å². The van der Waals surface area contributed by atoms with Crippen LogP contribution in [0.1, 0.15) is 23.2 Å². The number of rotatable bonds is 2. The molecule has 2 saturated heterocycles. The average molecular weight is 251 g/mol. The van der Waals surface area contributed by atoms with E-state index in [1.54, 1.807) is 13.2 Å². The minimum Gasteiger partial charge on any atom is -0.472 e.